The van der Waals surface area contributed by atoms with Gasteiger partial charge in [-0.05, 0) is 61.5 Å². The maximum absolute atomic E-state index is 13.4. The molecule has 2 amide bonds. The minimum absolute atomic E-state index is 0.0145. The summed E-state index contributed by atoms with van der Waals surface area (Å²) in [5.74, 6) is -0.923. The van der Waals surface area contributed by atoms with Crippen LogP contribution in [-0.4, -0.2) is 22.0 Å². The first-order valence-corrected chi connectivity index (χ1v) is 11.3. The first-order valence-electron chi connectivity index (χ1n) is 8.87. The summed E-state index contributed by atoms with van der Waals surface area (Å²) in [6.07, 6.45) is 0.699. The topological polar surface area (TPSA) is 63.2 Å². The van der Waals surface area contributed by atoms with E-state index in [0.29, 0.717) is 26.5 Å². The summed E-state index contributed by atoms with van der Waals surface area (Å²) < 4.78 is 1.21. The third-order valence-electron chi connectivity index (χ3n) is 3.94. The molecule has 0 saturated heterocycles. The Morgan fingerprint density at radius 1 is 0.897 bits per heavy atom. The minimum Gasteiger partial charge on any atom is -0.268 e. The van der Waals surface area contributed by atoms with Gasteiger partial charge in [-0.25, -0.2) is 4.90 Å². The van der Waals surface area contributed by atoms with Gasteiger partial charge in [-0.1, -0.05) is 56.4 Å². The Morgan fingerprint density at radius 2 is 1.38 bits per heavy atom. The summed E-state index contributed by atoms with van der Waals surface area (Å²) in [4.78, 5) is 27.9. The molecule has 0 atom stereocenters. The van der Waals surface area contributed by atoms with E-state index in [1.54, 1.807) is 36.4 Å². The van der Waals surface area contributed by atoms with Gasteiger partial charge in [-0.2, -0.15) is 0 Å². The van der Waals surface area contributed by atoms with Crippen LogP contribution in [0, 0.1) is 5.41 Å². The molecule has 8 heteroatoms. The average molecular weight is 537 g/mol. The summed E-state index contributed by atoms with van der Waals surface area (Å²) >= 11 is 8.06. The molecule has 5 nitrogen and oxygen atoms in total. The average Bonchev–Trinajstić information content (AvgIpc) is 3.08. The van der Waals surface area contributed by atoms with Gasteiger partial charge in [0.15, 0.2) is 0 Å². The number of rotatable bonds is 4. The molecule has 0 N–H and O–H groups in total. The number of benzene rings is 2. The highest BCUT2D eigenvalue weighted by Crippen LogP contribution is 2.31. The van der Waals surface area contributed by atoms with Crippen molar-refractivity contribution in [1.29, 1.82) is 0 Å². The third-order valence-corrected chi connectivity index (χ3v) is 6.24. The highest BCUT2D eigenvalue weighted by atomic mass is 79.9. The van der Waals surface area contributed by atoms with Crippen molar-refractivity contribution in [3.8, 4) is 0 Å². The summed E-state index contributed by atoms with van der Waals surface area (Å²) in [7, 11) is 0. The zero-order chi connectivity index (χ0) is 21.2. The van der Waals surface area contributed by atoms with E-state index in [4.69, 9.17) is 0 Å². The Morgan fingerprint density at radius 3 is 1.83 bits per heavy atom. The molecule has 0 fully saturated rings. The van der Waals surface area contributed by atoms with Gasteiger partial charge in [0, 0.05) is 15.4 Å². The first-order chi connectivity index (χ1) is 13.7. The highest BCUT2D eigenvalue weighted by Gasteiger charge is 2.31. The molecule has 0 aliphatic rings. The van der Waals surface area contributed by atoms with E-state index in [0.717, 1.165) is 9.91 Å². The Balaban J connectivity index is 2.07. The summed E-state index contributed by atoms with van der Waals surface area (Å²) in [6, 6.07) is 14.0. The number of anilines is 1. The van der Waals surface area contributed by atoms with Crippen molar-refractivity contribution >= 4 is 60.1 Å². The van der Waals surface area contributed by atoms with Crippen LogP contribution in [0.15, 0.2) is 57.5 Å². The summed E-state index contributed by atoms with van der Waals surface area (Å²) in [6.45, 7) is 6.30. The lowest BCUT2D eigenvalue weighted by atomic mass is 9.93. The second-order valence-corrected chi connectivity index (χ2v) is 10.4. The number of carbonyl (C=O) groups is 2. The molecule has 150 valence electrons. The lowest BCUT2D eigenvalue weighted by molar-refractivity contribution is 0.0896. The van der Waals surface area contributed by atoms with Crippen LogP contribution >= 0.6 is 43.2 Å². The second-order valence-electron chi connectivity index (χ2n) is 7.62. The molecule has 2 aromatic carbocycles. The Bertz CT molecular complexity index is 1000. The van der Waals surface area contributed by atoms with Crippen molar-refractivity contribution in [2.24, 2.45) is 5.41 Å². The number of hydrogen-bond acceptors (Lipinski definition) is 5. The zero-order valence-corrected chi connectivity index (χ0v) is 20.1. The molecule has 29 heavy (non-hydrogen) atoms. The van der Waals surface area contributed by atoms with E-state index < -0.39 is 11.8 Å². The predicted octanol–water partition coefficient (Wildman–Crippen LogP) is 6.14. The van der Waals surface area contributed by atoms with Crippen molar-refractivity contribution < 1.29 is 9.59 Å². The zero-order valence-electron chi connectivity index (χ0n) is 16.1. The van der Waals surface area contributed by atoms with E-state index in [2.05, 4.69) is 62.8 Å². The fraction of sp³-hybridized carbons (Fsp3) is 0.238. The fourth-order valence-electron chi connectivity index (χ4n) is 2.64. The van der Waals surface area contributed by atoms with Crippen LogP contribution in [0.4, 0.5) is 5.13 Å². The lowest BCUT2D eigenvalue weighted by Crippen LogP contribution is -2.37. The molecule has 0 aliphatic carbocycles. The monoisotopic (exact) mass is 535 g/mol. The molecule has 0 spiro atoms. The molecular weight excluding hydrogens is 518 g/mol. The quantitative estimate of drug-likeness (QED) is 0.376. The Kier molecular flexibility index (Phi) is 6.65. The van der Waals surface area contributed by atoms with Crippen molar-refractivity contribution in [2.45, 2.75) is 27.2 Å². The minimum atomic E-state index is -0.461. The van der Waals surface area contributed by atoms with Crippen LogP contribution in [0.25, 0.3) is 0 Å². The van der Waals surface area contributed by atoms with Gasteiger partial charge < -0.3 is 0 Å². The number of nitrogens with zero attached hydrogens (tertiary/aromatic N) is 3. The standard InChI is InChI=1S/C21H19Br2N3O2S/c1-21(2,3)12-17-24-25-20(29-17)26(18(27)13-8-4-6-10-15(13)22)19(28)14-9-5-7-11-16(14)23/h4-11H,12H2,1-3H3. The normalized spacial score (nSPS) is 11.3. The van der Waals surface area contributed by atoms with Gasteiger partial charge in [-0.15, -0.1) is 10.2 Å². The van der Waals surface area contributed by atoms with Crippen LogP contribution in [0.2, 0.25) is 0 Å². The molecule has 0 unspecified atom stereocenters. The molecule has 0 radical (unpaired) electrons. The molecule has 3 aromatic rings. The lowest BCUT2D eigenvalue weighted by Gasteiger charge is -2.19. The van der Waals surface area contributed by atoms with Crippen molar-refractivity contribution in [3.05, 3.63) is 73.6 Å². The van der Waals surface area contributed by atoms with E-state index in [-0.39, 0.29) is 10.5 Å². The Hall–Kier alpha value is -1.90. The van der Waals surface area contributed by atoms with Crippen LogP contribution in [0.5, 0.6) is 0 Å². The van der Waals surface area contributed by atoms with Crippen LogP contribution < -0.4 is 4.90 Å². The SMILES string of the molecule is CC(C)(C)Cc1nnc(N(C(=O)c2ccccc2Br)C(=O)c2ccccc2Br)s1. The smallest absolute Gasteiger partial charge is 0.268 e. The van der Waals surface area contributed by atoms with Crippen LogP contribution in [0.1, 0.15) is 46.5 Å². The molecule has 0 aliphatic heterocycles. The summed E-state index contributed by atoms with van der Waals surface area (Å²) in [5.41, 5.74) is 0.765. The largest absolute Gasteiger partial charge is 0.268 e. The van der Waals surface area contributed by atoms with E-state index in [1.807, 2.05) is 12.1 Å². The molecular formula is C21H19Br2N3O2S. The van der Waals surface area contributed by atoms with Gasteiger partial charge in [-0.3, -0.25) is 9.59 Å². The van der Waals surface area contributed by atoms with Crippen LogP contribution in [-0.2, 0) is 6.42 Å². The van der Waals surface area contributed by atoms with E-state index in [9.17, 15) is 9.59 Å². The van der Waals surface area contributed by atoms with Crippen LogP contribution in [0.3, 0.4) is 0 Å². The number of amides is 2. The van der Waals surface area contributed by atoms with Crippen molar-refractivity contribution in [2.75, 3.05) is 4.90 Å². The number of halogens is 2. The predicted molar refractivity (Wildman–Crippen MR) is 122 cm³/mol. The molecule has 0 saturated carbocycles. The van der Waals surface area contributed by atoms with Gasteiger partial charge >= 0.3 is 0 Å². The van der Waals surface area contributed by atoms with E-state index >= 15 is 0 Å². The maximum atomic E-state index is 13.4. The number of carbonyl (C=O) groups excluding carboxylic acids is 2. The molecule has 1 heterocycles. The number of hydrogen-bond donors (Lipinski definition) is 0. The van der Waals surface area contributed by atoms with Gasteiger partial charge in [0.25, 0.3) is 11.8 Å². The number of imide groups is 1. The first kappa shape index (κ1) is 21.8. The fourth-order valence-corrected chi connectivity index (χ4v) is 4.68. The van der Waals surface area contributed by atoms with Crippen molar-refractivity contribution in [1.82, 2.24) is 10.2 Å². The molecule has 1 aromatic heterocycles. The summed E-state index contributed by atoms with van der Waals surface area (Å²) in [5, 5.41) is 9.42. The second kappa shape index (κ2) is 8.85. The van der Waals surface area contributed by atoms with Gasteiger partial charge in [0.1, 0.15) is 5.01 Å². The van der Waals surface area contributed by atoms with E-state index in [1.165, 1.54) is 11.3 Å². The maximum Gasteiger partial charge on any atom is 0.268 e. The number of aromatic nitrogens is 2. The molecule has 3 rings (SSSR count). The van der Waals surface area contributed by atoms with Gasteiger partial charge in [0.2, 0.25) is 5.13 Å². The Labute approximate surface area is 190 Å². The van der Waals surface area contributed by atoms with Gasteiger partial charge in [0.05, 0.1) is 11.1 Å². The highest BCUT2D eigenvalue weighted by molar-refractivity contribution is 9.10. The molecule has 0 bridgehead atoms. The van der Waals surface area contributed by atoms with Crippen molar-refractivity contribution in [3.63, 3.8) is 0 Å². The third kappa shape index (κ3) is 5.18.